The van der Waals surface area contributed by atoms with Gasteiger partial charge in [0.25, 0.3) is 5.91 Å². The molecule has 3 aromatic rings. The first-order chi connectivity index (χ1) is 14.6. The summed E-state index contributed by atoms with van der Waals surface area (Å²) in [5.41, 5.74) is 7.13. The van der Waals surface area contributed by atoms with Crippen molar-refractivity contribution in [1.82, 2.24) is 29.9 Å². The second-order valence-electron chi connectivity index (χ2n) is 6.84. The molecule has 1 atom stereocenters. The Hall–Kier alpha value is -4.04. The molecule has 1 aliphatic rings. The lowest BCUT2D eigenvalue weighted by Gasteiger charge is -2.16. The van der Waals surface area contributed by atoms with E-state index in [1.54, 1.807) is 12.4 Å². The first kappa shape index (κ1) is 19.3. The van der Waals surface area contributed by atoms with E-state index in [-0.39, 0.29) is 11.6 Å². The predicted molar refractivity (Wildman–Crippen MR) is 109 cm³/mol. The molecule has 11 nitrogen and oxygen atoms in total. The molecule has 1 aromatic carbocycles. The van der Waals surface area contributed by atoms with Gasteiger partial charge in [-0.1, -0.05) is 6.07 Å². The number of likely N-dealkylation sites (tertiary alicyclic amines) is 1. The molecule has 11 heteroatoms. The Morgan fingerprint density at radius 2 is 2.17 bits per heavy atom. The van der Waals surface area contributed by atoms with Gasteiger partial charge in [-0.25, -0.2) is 4.98 Å². The maximum absolute atomic E-state index is 11.9. The number of amides is 1. The fourth-order valence-electron chi connectivity index (χ4n) is 3.30. The first-order valence-electron chi connectivity index (χ1n) is 9.39. The Bertz CT molecular complexity index is 1080. The summed E-state index contributed by atoms with van der Waals surface area (Å²) in [7, 11) is 0. The third kappa shape index (κ3) is 4.34. The van der Waals surface area contributed by atoms with Gasteiger partial charge in [-0.3, -0.25) is 9.69 Å². The van der Waals surface area contributed by atoms with E-state index in [9.17, 15) is 4.79 Å². The summed E-state index contributed by atoms with van der Waals surface area (Å²) in [6.45, 7) is 1.97. The zero-order chi connectivity index (χ0) is 20.9. The minimum Gasteiger partial charge on any atom is -0.365 e. The number of primary amides is 1. The number of nitrogens with two attached hydrogens (primary N) is 1. The van der Waals surface area contributed by atoms with Crippen LogP contribution in [-0.2, 0) is 0 Å². The molecule has 2 aromatic heterocycles. The molecular formula is C19H20N10O. The predicted octanol–water partition coefficient (Wildman–Crippen LogP) is 0.910. The van der Waals surface area contributed by atoms with Crippen LogP contribution in [0.1, 0.15) is 16.8 Å². The van der Waals surface area contributed by atoms with Crippen LogP contribution in [0.2, 0.25) is 0 Å². The number of rotatable bonds is 7. The van der Waals surface area contributed by atoms with E-state index in [0.29, 0.717) is 24.0 Å². The standard InChI is InChI=1S/C19H20N10O/c20-5-9-28-8-4-14(12-28)26-19-22-11-16(17(21)30)18(27-19)25-13-2-1-3-15(10-13)29-23-6-7-24-29/h1-3,6-7,10-11,14H,4,8-9,12H2,(H2,21,30)(H2,22,25,26,27)/t14-/m1/s1. The molecule has 0 spiro atoms. The lowest BCUT2D eigenvalue weighted by molar-refractivity contribution is 0.100. The minimum atomic E-state index is -0.630. The van der Waals surface area contributed by atoms with Gasteiger partial charge >= 0.3 is 0 Å². The normalized spacial score (nSPS) is 16.2. The van der Waals surface area contributed by atoms with E-state index in [2.05, 4.69) is 41.8 Å². The average Bonchev–Trinajstić information content (AvgIpc) is 3.41. The summed E-state index contributed by atoms with van der Waals surface area (Å²) in [6.07, 6.45) is 5.47. The number of nitriles is 1. The molecule has 3 heterocycles. The number of hydrogen-bond acceptors (Lipinski definition) is 9. The summed E-state index contributed by atoms with van der Waals surface area (Å²) in [5, 5.41) is 23.5. The molecule has 1 amide bonds. The Kier molecular flexibility index (Phi) is 5.49. The molecule has 30 heavy (non-hydrogen) atoms. The largest absolute Gasteiger partial charge is 0.365 e. The van der Waals surface area contributed by atoms with E-state index in [1.165, 1.54) is 11.0 Å². The Balaban J connectivity index is 1.55. The lowest BCUT2D eigenvalue weighted by Crippen LogP contribution is -2.27. The highest BCUT2D eigenvalue weighted by atomic mass is 16.1. The van der Waals surface area contributed by atoms with E-state index in [0.717, 1.165) is 25.2 Å². The number of nitrogens with zero attached hydrogens (tertiary/aromatic N) is 7. The van der Waals surface area contributed by atoms with Crippen LogP contribution in [0.5, 0.6) is 0 Å². The second-order valence-corrected chi connectivity index (χ2v) is 6.84. The van der Waals surface area contributed by atoms with Crippen LogP contribution in [0.25, 0.3) is 5.69 Å². The van der Waals surface area contributed by atoms with Gasteiger partial charge in [-0.2, -0.15) is 25.2 Å². The number of carbonyl (C=O) groups is 1. The van der Waals surface area contributed by atoms with Gasteiger partial charge in [0.05, 0.1) is 30.7 Å². The summed E-state index contributed by atoms with van der Waals surface area (Å²) in [4.78, 5) is 24.1. The number of benzene rings is 1. The van der Waals surface area contributed by atoms with Crippen LogP contribution in [0.15, 0.2) is 42.9 Å². The smallest absolute Gasteiger partial charge is 0.254 e. The molecule has 1 fully saturated rings. The van der Waals surface area contributed by atoms with Crippen LogP contribution in [0, 0.1) is 11.3 Å². The Morgan fingerprint density at radius 1 is 1.33 bits per heavy atom. The molecule has 4 N–H and O–H groups in total. The van der Waals surface area contributed by atoms with Crippen LogP contribution in [0.4, 0.5) is 17.5 Å². The van der Waals surface area contributed by atoms with Crippen molar-refractivity contribution < 1.29 is 4.79 Å². The van der Waals surface area contributed by atoms with Crippen molar-refractivity contribution in [2.45, 2.75) is 12.5 Å². The maximum atomic E-state index is 11.9. The van der Waals surface area contributed by atoms with E-state index in [4.69, 9.17) is 11.0 Å². The van der Waals surface area contributed by atoms with Gasteiger partial charge in [0.2, 0.25) is 5.95 Å². The maximum Gasteiger partial charge on any atom is 0.254 e. The monoisotopic (exact) mass is 404 g/mol. The number of hydrogen-bond donors (Lipinski definition) is 3. The summed E-state index contributed by atoms with van der Waals surface area (Å²) >= 11 is 0. The van der Waals surface area contributed by atoms with Crippen molar-refractivity contribution >= 4 is 23.4 Å². The zero-order valence-corrected chi connectivity index (χ0v) is 16.1. The molecule has 152 valence electrons. The summed E-state index contributed by atoms with van der Waals surface area (Å²) in [5.74, 6) is 0.0590. The van der Waals surface area contributed by atoms with Crippen molar-refractivity contribution in [1.29, 1.82) is 5.26 Å². The number of aromatic nitrogens is 5. The van der Waals surface area contributed by atoms with Gasteiger partial charge in [0.1, 0.15) is 11.4 Å². The van der Waals surface area contributed by atoms with Crippen molar-refractivity contribution in [2.24, 2.45) is 5.73 Å². The van der Waals surface area contributed by atoms with Gasteiger partial charge in [-0.15, -0.1) is 0 Å². The highest BCUT2D eigenvalue weighted by molar-refractivity contribution is 5.98. The molecule has 0 radical (unpaired) electrons. The molecule has 1 aliphatic heterocycles. The van der Waals surface area contributed by atoms with E-state index < -0.39 is 5.91 Å². The van der Waals surface area contributed by atoms with Gasteiger partial charge in [0, 0.05) is 31.0 Å². The SMILES string of the molecule is N#CCN1CC[C@@H](Nc2ncc(C(N)=O)c(Nc3cccc(-n4nccn4)c3)n2)C1. The van der Waals surface area contributed by atoms with Gasteiger partial charge in [-0.05, 0) is 24.6 Å². The summed E-state index contributed by atoms with van der Waals surface area (Å²) in [6, 6.07) is 9.65. The second kappa shape index (κ2) is 8.54. The quantitative estimate of drug-likeness (QED) is 0.488. The molecular weight excluding hydrogens is 384 g/mol. The summed E-state index contributed by atoms with van der Waals surface area (Å²) < 4.78 is 0. The van der Waals surface area contributed by atoms with Crippen molar-refractivity contribution in [3.63, 3.8) is 0 Å². The Morgan fingerprint density at radius 3 is 2.93 bits per heavy atom. The van der Waals surface area contributed by atoms with E-state index >= 15 is 0 Å². The third-order valence-electron chi connectivity index (χ3n) is 4.71. The molecule has 4 rings (SSSR count). The topological polar surface area (TPSA) is 151 Å². The number of anilines is 3. The fourth-order valence-corrected chi connectivity index (χ4v) is 3.30. The average molecular weight is 404 g/mol. The fraction of sp³-hybridized carbons (Fsp3) is 0.263. The number of carbonyl (C=O) groups excluding carboxylic acids is 1. The lowest BCUT2D eigenvalue weighted by atomic mass is 10.2. The molecule has 0 aliphatic carbocycles. The van der Waals surface area contributed by atoms with Crippen molar-refractivity contribution in [3.8, 4) is 11.8 Å². The molecule has 0 unspecified atom stereocenters. The zero-order valence-electron chi connectivity index (χ0n) is 16.1. The third-order valence-corrected chi connectivity index (χ3v) is 4.71. The van der Waals surface area contributed by atoms with Crippen molar-refractivity contribution in [3.05, 3.63) is 48.4 Å². The van der Waals surface area contributed by atoms with Crippen LogP contribution in [0.3, 0.4) is 0 Å². The highest BCUT2D eigenvalue weighted by Crippen LogP contribution is 2.22. The highest BCUT2D eigenvalue weighted by Gasteiger charge is 2.23. The van der Waals surface area contributed by atoms with Gasteiger partial charge < -0.3 is 16.4 Å². The van der Waals surface area contributed by atoms with Crippen LogP contribution < -0.4 is 16.4 Å². The molecule has 0 bridgehead atoms. The number of nitrogens with one attached hydrogen (secondary N) is 2. The first-order valence-corrected chi connectivity index (χ1v) is 9.39. The molecule has 0 saturated carbocycles. The van der Waals surface area contributed by atoms with Crippen molar-refractivity contribution in [2.75, 3.05) is 30.3 Å². The van der Waals surface area contributed by atoms with Gasteiger partial charge in [0.15, 0.2) is 0 Å². The van der Waals surface area contributed by atoms with Crippen LogP contribution in [-0.4, -0.2) is 61.4 Å². The minimum absolute atomic E-state index is 0.125. The van der Waals surface area contributed by atoms with Crippen LogP contribution >= 0.6 is 0 Å². The van der Waals surface area contributed by atoms with E-state index in [1.807, 2.05) is 24.3 Å². The molecule has 1 saturated heterocycles. The Labute approximate surface area is 172 Å².